The predicted octanol–water partition coefficient (Wildman–Crippen LogP) is 2.68. The van der Waals surface area contributed by atoms with Gasteiger partial charge in [-0.1, -0.05) is 6.07 Å². The zero-order valence-electron chi connectivity index (χ0n) is 10.6. The number of pyridine rings is 1. The molecule has 5 nitrogen and oxygen atoms in total. The van der Waals surface area contributed by atoms with Gasteiger partial charge in [-0.3, -0.25) is 0 Å². The summed E-state index contributed by atoms with van der Waals surface area (Å²) >= 11 is 0. The van der Waals surface area contributed by atoms with Gasteiger partial charge in [-0.05, 0) is 37.3 Å². The van der Waals surface area contributed by atoms with Crippen molar-refractivity contribution in [2.24, 2.45) is 0 Å². The van der Waals surface area contributed by atoms with E-state index in [0.29, 0.717) is 29.6 Å². The summed E-state index contributed by atoms with van der Waals surface area (Å²) in [6.07, 6.45) is 0. The Morgan fingerprint density at radius 1 is 1.37 bits per heavy atom. The first-order chi connectivity index (χ1) is 9.22. The Kier molecular flexibility index (Phi) is 3.84. The van der Waals surface area contributed by atoms with E-state index >= 15 is 0 Å². The van der Waals surface area contributed by atoms with Gasteiger partial charge >= 0.3 is 0 Å². The Labute approximate surface area is 111 Å². The van der Waals surface area contributed by atoms with E-state index < -0.39 is 0 Å². The van der Waals surface area contributed by atoms with Gasteiger partial charge in [0.15, 0.2) is 0 Å². The number of nitriles is 1. The lowest BCUT2D eigenvalue weighted by molar-refractivity contribution is 0.329. The molecule has 0 radical (unpaired) electrons. The highest BCUT2D eigenvalue weighted by molar-refractivity contribution is 5.61. The summed E-state index contributed by atoms with van der Waals surface area (Å²) in [6, 6.07) is 12.7. The SMILES string of the molecule is CCOc1nc(Nc2cccc(C#N)c2)ccc1N. The van der Waals surface area contributed by atoms with Gasteiger partial charge in [0.2, 0.25) is 5.88 Å². The van der Waals surface area contributed by atoms with E-state index in [1.54, 1.807) is 24.3 Å². The third-order valence-corrected chi connectivity index (χ3v) is 2.43. The highest BCUT2D eigenvalue weighted by atomic mass is 16.5. The zero-order valence-corrected chi connectivity index (χ0v) is 10.6. The first kappa shape index (κ1) is 12.7. The van der Waals surface area contributed by atoms with Crippen molar-refractivity contribution in [1.82, 2.24) is 4.98 Å². The quantitative estimate of drug-likeness (QED) is 0.876. The molecule has 2 rings (SSSR count). The molecule has 1 heterocycles. The van der Waals surface area contributed by atoms with Crippen molar-refractivity contribution in [3.05, 3.63) is 42.0 Å². The summed E-state index contributed by atoms with van der Waals surface area (Å²) in [5.74, 6) is 1.02. The topological polar surface area (TPSA) is 84.0 Å². The zero-order chi connectivity index (χ0) is 13.7. The molecule has 0 aliphatic carbocycles. The van der Waals surface area contributed by atoms with E-state index in [0.717, 1.165) is 5.69 Å². The molecule has 1 aromatic carbocycles. The maximum Gasteiger partial charge on any atom is 0.239 e. The van der Waals surface area contributed by atoms with Gasteiger partial charge in [0.1, 0.15) is 5.82 Å². The molecule has 2 aromatic rings. The number of nitrogens with one attached hydrogen (secondary N) is 1. The molecule has 0 fully saturated rings. The number of nitrogens with zero attached hydrogens (tertiary/aromatic N) is 2. The third-order valence-electron chi connectivity index (χ3n) is 2.43. The van der Waals surface area contributed by atoms with Crippen molar-refractivity contribution in [3.63, 3.8) is 0 Å². The van der Waals surface area contributed by atoms with Crippen LogP contribution in [-0.2, 0) is 0 Å². The Balaban J connectivity index is 2.23. The lowest BCUT2D eigenvalue weighted by Gasteiger charge is -2.09. The van der Waals surface area contributed by atoms with E-state index in [1.807, 2.05) is 19.1 Å². The normalized spacial score (nSPS) is 9.68. The van der Waals surface area contributed by atoms with Gasteiger partial charge in [0, 0.05) is 5.69 Å². The van der Waals surface area contributed by atoms with Crippen molar-refractivity contribution in [3.8, 4) is 11.9 Å². The molecule has 19 heavy (non-hydrogen) atoms. The van der Waals surface area contributed by atoms with Crippen molar-refractivity contribution in [2.45, 2.75) is 6.92 Å². The van der Waals surface area contributed by atoms with Crippen LogP contribution in [0.1, 0.15) is 12.5 Å². The van der Waals surface area contributed by atoms with Crippen LogP contribution in [0.3, 0.4) is 0 Å². The van der Waals surface area contributed by atoms with Crippen molar-refractivity contribution < 1.29 is 4.74 Å². The standard InChI is InChI=1S/C14H14N4O/c1-2-19-14-12(16)6-7-13(18-14)17-11-5-3-4-10(8-11)9-15/h3-8H,2,16H2,1H3,(H,17,18). The molecule has 5 heteroatoms. The molecule has 0 spiro atoms. The van der Waals surface area contributed by atoms with Crippen LogP contribution < -0.4 is 15.8 Å². The Hall–Kier alpha value is -2.74. The molecule has 0 bridgehead atoms. The summed E-state index contributed by atoms with van der Waals surface area (Å²) in [7, 11) is 0. The summed E-state index contributed by atoms with van der Waals surface area (Å²) < 4.78 is 5.33. The molecule has 0 saturated carbocycles. The molecule has 0 unspecified atom stereocenters. The smallest absolute Gasteiger partial charge is 0.239 e. The number of nitrogen functional groups attached to an aromatic ring is 1. The van der Waals surface area contributed by atoms with Crippen LogP contribution in [0.5, 0.6) is 5.88 Å². The van der Waals surface area contributed by atoms with Crippen molar-refractivity contribution in [2.75, 3.05) is 17.7 Å². The van der Waals surface area contributed by atoms with E-state index in [1.165, 1.54) is 0 Å². The molecule has 0 aliphatic heterocycles. The van der Waals surface area contributed by atoms with Gasteiger partial charge in [-0.25, -0.2) is 0 Å². The number of ether oxygens (including phenoxy) is 1. The monoisotopic (exact) mass is 254 g/mol. The Morgan fingerprint density at radius 2 is 2.21 bits per heavy atom. The molecule has 0 saturated heterocycles. The second-order valence-electron chi connectivity index (χ2n) is 3.84. The van der Waals surface area contributed by atoms with Gasteiger partial charge in [0.25, 0.3) is 0 Å². The van der Waals surface area contributed by atoms with E-state index in [4.69, 9.17) is 15.7 Å². The summed E-state index contributed by atoms with van der Waals surface area (Å²) in [5, 5.41) is 12.0. The summed E-state index contributed by atoms with van der Waals surface area (Å²) in [6.45, 7) is 2.38. The highest BCUT2D eigenvalue weighted by Gasteiger charge is 2.04. The molecular formula is C14H14N4O. The number of benzene rings is 1. The van der Waals surface area contributed by atoms with Gasteiger partial charge in [-0.2, -0.15) is 10.2 Å². The van der Waals surface area contributed by atoms with E-state index in [2.05, 4.69) is 16.4 Å². The molecule has 3 N–H and O–H groups in total. The lowest BCUT2D eigenvalue weighted by atomic mass is 10.2. The van der Waals surface area contributed by atoms with Crippen molar-refractivity contribution in [1.29, 1.82) is 5.26 Å². The average Bonchev–Trinajstić information content (AvgIpc) is 2.43. The van der Waals surface area contributed by atoms with Crippen LogP contribution >= 0.6 is 0 Å². The number of hydrogen-bond acceptors (Lipinski definition) is 5. The molecule has 0 aliphatic rings. The molecule has 0 amide bonds. The van der Waals surface area contributed by atoms with E-state index in [-0.39, 0.29) is 0 Å². The second-order valence-corrected chi connectivity index (χ2v) is 3.84. The van der Waals surface area contributed by atoms with Gasteiger partial charge < -0.3 is 15.8 Å². The van der Waals surface area contributed by atoms with E-state index in [9.17, 15) is 0 Å². The Morgan fingerprint density at radius 3 is 2.95 bits per heavy atom. The fourth-order valence-electron chi connectivity index (χ4n) is 1.59. The molecular weight excluding hydrogens is 240 g/mol. The fraction of sp³-hybridized carbons (Fsp3) is 0.143. The van der Waals surface area contributed by atoms with Crippen LogP contribution in [0.2, 0.25) is 0 Å². The third kappa shape index (κ3) is 3.13. The minimum Gasteiger partial charge on any atom is -0.476 e. The predicted molar refractivity (Wildman–Crippen MR) is 74.3 cm³/mol. The largest absolute Gasteiger partial charge is 0.476 e. The summed E-state index contributed by atoms with van der Waals surface area (Å²) in [4.78, 5) is 4.27. The Bertz CT molecular complexity index is 619. The minimum absolute atomic E-state index is 0.406. The molecule has 1 aromatic heterocycles. The number of aromatic nitrogens is 1. The number of anilines is 3. The summed E-state index contributed by atoms with van der Waals surface area (Å²) in [5.41, 5.74) is 7.63. The first-order valence-corrected chi connectivity index (χ1v) is 5.89. The van der Waals surface area contributed by atoms with Gasteiger partial charge in [-0.15, -0.1) is 0 Å². The highest BCUT2D eigenvalue weighted by Crippen LogP contribution is 2.23. The van der Waals surface area contributed by atoms with Crippen LogP contribution in [0.15, 0.2) is 36.4 Å². The lowest BCUT2D eigenvalue weighted by Crippen LogP contribution is -2.02. The number of nitrogens with two attached hydrogens (primary N) is 1. The first-order valence-electron chi connectivity index (χ1n) is 5.89. The second kappa shape index (κ2) is 5.74. The number of hydrogen-bond donors (Lipinski definition) is 2. The van der Waals surface area contributed by atoms with Crippen LogP contribution in [0.25, 0.3) is 0 Å². The van der Waals surface area contributed by atoms with Crippen molar-refractivity contribution >= 4 is 17.2 Å². The average molecular weight is 254 g/mol. The molecule has 96 valence electrons. The fourth-order valence-corrected chi connectivity index (χ4v) is 1.59. The van der Waals surface area contributed by atoms with Crippen LogP contribution in [0.4, 0.5) is 17.2 Å². The molecule has 0 atom stereocenters. The van der Waals surface area contributed by atoms with Crippen LogP contribution in [0, 0.1) is 11.3 Å². The van der Waals surface area contributed by atoms with Crippen LogP contribution in [-0.4, -0.2) is 11.6 Å². The maximum atomic E-state index is 8.85. The van der Waals surface area contributed by atoms with Gasteiger partial charge in [0.05, 0.1) is 23.9 Å². The maximum absolute atomic E-state index is 8.85. The minimum atomic E-state index is 0.406. The number of rotatable bonds is 4.